The van der Waals surface area contributed by atoms with Gasteiger partial charge in [-0.15, -0.1) is 0 Å². The topological polar surface area (TPSA) is 102 Å². The molecule has 0 N–H and O–H groups in total. The van der Waals surface area contributed by atoms with Crippen molar-refractivity contribution in [2.75, 3.05) is 27.3 Å². The van der Waals surface area contributed by atoms with E-state index < -0.39 is 10.0 Å². The quantitative estimate of drug-likeness (QED) is 0.729. The van der Waals surface area contributed by atoms with E-state index in [1.807, 2.05) is 6.07 Å². The van der Waals surface area contributed by atoms with E-state index in [-0.39, 0.29) is 16.7 Å². The molecular formula is C19H21N3O5S. The van der Waals surface area contributed by atoms with Gasteiger partial charge in [-0.2, -0.15) is 9.57 Å². The van der Waals surface area contributed by atoms with Gasteiger partial charge in [0.05, 0.1) is 19.8 Å². The smallest absolute Gasteiger partial charge is 0.246 e. The number of ether oxygens (including phenoxy) is 3. The maximum Gasteiger partial charge on any atom is 0.246 e. The maximum absolute atomic E-state index is 13.1. The van der Waals surface area contributed by atoms with Gasteiger partial charge < -0.3 is 14.2 Å². The molecule has 8 nitrogen and oxygen atoms in total. The van der Waals surface area contributed by atoms with E-state index in [1.165, 1.54) is 30.8 Å². The summed E-state index contributed by atoms with van der Waals surface area (Å²) in [6.45, 7) is 0.646. The van der Waals surface area contributed by atoms with Crippen LogP contribution >= 0.6 is 0 Å². The standard InChI is InChI=1S/C19H21N3O5S/c1-25-16-4-5-17(26-2)18(11-16)28(23,24)22-9-7-15(8-10-22)27-19-6-3-14(12-20)13-21-19/h3-6,11,13,15H,7-10H2,1-2H3. The Hall–Kier alpha value is -2.83. The Morgan fingerprint density at radius 3 is 2.46 bits per heavy atom. The molecular weight excluding hydrogens is 382 g/mol. The minimum atomic E-state index is -3.72. The number of aromatic nitrogens is 1. The minimum absolute atomic E-state index is 0.0856. The van der Waals surface area contributed by atoms with E-state index in [0.717, 1.165) is 0 Å². The molecule has 1 fully saturated rings. The van der Waals surface area contributed by atoms with Crippen LogP contribution in [0.4, 0.5) is 0 Å². The van der Waals surface area contributed by atoms with Crippen LogP contribution in [0, 0.1) is 11.3 Å². The molecule has 1 aromatic carbocycles. The van der Waals surface area contributed by atoms with E-state index in [1.54, 1.807) is 24.3 Å². The Balaban J connectivity index is 1.69. The summed E-state index contributed by atoms with van der Waals surface area (Å²) in [6, 6.07) is 9.99. The van der Waals surface area contributed by atoms with Crippen LogP contribution in [-0.4, -0.2) is 51.1 Å². The van der Waals surface area contributed by atoms with Crippen LogP contribution in [-0.2, 0) is 10.0 Å². The van der Waals surface area contributed by atoms with Crippen molar-refractivity contribution in [3.8, 4) is 23.4 Å². The van der Waals surface area contributed by atoms with Crippen LogP contribution in [0.15, 0.2) is 41.4 Å². The van der Waals surface area contributed by atoms with E-state index in [4.69, 9.17) is 19.5 Å². The summed E-state index contributed by atoms with van der Waals surface area (Å²) < 4.78 is 43.8. The zero-order chi connectivity index (χ0) is 20.1. The second-order valence-corrected chi connectivity index (χ2v) is 8.14. The van der Waals surface area contributed by atoms with Crippen molar-refractivity contribution >= 4 is 10.0 Å². The predicted octanol–water partition coefficient (Wildman–Crippen LogP) is 2.20. The first-order valence-corrected chi connectivity index (χ1v) is 10.2. The van der Waals surface area contributed by atoms with Gasteiger partial charge in [-0.3, -0.25) is 0 Å². The molecule has 148 valence electrons. The highest BCUT2D eigenvalue weighted by Gasteiger charge is 2.32. The Labute approximate surface area is 164 Å². The average Bonchev–Trinajstić information content (AvgIpc) is 2.74. The molecule has 0 amide bonds. The SMILES string of the molecule is COc1ccc(OC)c(S(=O)(=O)N2CCC(Oc3ccc(C#N)cn3)CC2)c1. The lowest BCUT2D eigenvalue weighted by Gasteiger charge is -2.31. The van der Waals surface area contributed by atoms with Crippen LogP contribution in [0.3, 0.4) is 0 Å². The lowest BCUT2D eigenvalue weighted by molar-refractivity contribution is 0.130. The molecule has 0 spiro atoms. The second kappa shape index (κ2) is 8.46. The number of nitrogens with zero attached hydrogens (tertiary/aromatic N) is 3. The fraction of sp³-hybridized carbons (Fsp3) is 0.368. The number of benzene rings is 1. The molecule has 1 saturated heterocycles. The van der Waals surface area contributed by atoms with E-state index in [0.29, 0.717) is 43.1 Å². The summed E-state index contributed by atoms with van der Waals surface area (Å²) in [4.78, 5) is 4.18. The Morgan fingerprint density at radius 1 is 1.14 bits per heavy atom. The summed E-state index contributed by atoms with van der Waals surface area (Å²) in [5.74, 6) is 1.15. The number of hydrogen-bond donors (Lipinski definition) is 0. The van der Waals surface area contributed by atoms with Gasteiger partial charge in [0.1, 0.15) is 28.6 Å². The fourth-order valence-electron chi connectivity index (χ4n) is 3.00. The number of methoxy groups -OCH3 is 2. The summed E-state index contributed by atoms with van der Waals surface area (Å²) in [5.41, 5.74) is 0.459. The molecule has 0 saturated carbocycles. The highest BCUT2D eigenvalue weighted by Crippen LogP contribution is 2.32. The third-order valence-corrected chi connectivity index (χ3v) is 6.46. The zero-order valence-electron chi connectivity index (χ0n) is 15.7. The van der Waals surface area contributed by atoms with Gasteiger partial charge in [0, 0.05) is 31.4 Å². The Bertz CT molecular complexity index is 962. The number of sulfonamides is 1. The molecule has 1 aromatic heterocycles. The third kappa shape index (κ3) is 4.18. The first-order chi connectivity index (χ1) is 13.5. The lowest BCUT2D eigenvalue weighted by Crippen LogP contribution is -2.41. The van der Waals surface area contributed by atoms with E-state index >= 15 is 0 Å². The summed E-state index contributed by atoms with van der Waals surface area (Å²) in [5, 5.41) is 8.81. The molecule has 1 aliphatic heterocycles. The highest BCUT2D eigenvalue weighted by molar-refractivity contribution is 7.89. The molecule has 0 unspecified atom stereocenters. The van der Waals surface area contributed by atoms with Crippen LogP contribution in [0.2, 0.25) is 0 Å². The third-order valence-electron chi connectivity index (χ3n) is 4.54. The van der Waals surface area contributed by atoms with Gasteiger partial charge in [0.15, 0.2) is 0 Å². The van der Waals surface area contributed by atoms with Crippen molar-refractivity contribution in [1.29, 1.82) is 5.26 Å². The van der Waals surface area contributed by atoms with Crippen molar-refractivity contribution in [3.05, 3.63) is 42.1 Å². The van der Waals surface area contributed by atoms with Crippen molar-refractivity contribution in [1.82, 2.24) is 9.29 Å². The normalized spacial score (nSPS) is 15.6. The van der Waals surface area contributed by atoms with Crippen molar-refractivity contribution in [2.45, 2.75) is 23.8 Å². The van der Waals surface area contributed by atoms with Crippen LogP contribution < -0.4 is 14.2 Å². The van der Waals surface area contributed by atoms with Gasteiger partial charge in [-0.1, -0.05) is 0 Å². The monoisotopic (exact) mass is 403 g/mol. The van der Waals surface area contributed by atoms with Gasteiger partial charge in [0.25, 0.3) is 0 Å². The molecule has 2 heterocycles. The van der Waals surface area contributed by atoms with Gasteiger partial charge in [0.2, 0.25) is 15.9 Å². The molecule has 0 atom stereocenters. The molecule has 28 heavy (non-hydrogen) atoms. The van der Waals surface area contributed by atoms with E-state index in [2.05, 4.69) is 4.98 Å². The minimum Gasteiger partial charge on any atom is -0.497 e. The van der Waals surface area contributed by atoms with Crippen molar-refractivity contribution in [3.63, 3.8) is 0 Å². The maximum atomic E-state index is 13.1. The van der Waals surface area contributed by atoms with Crippen molar-refractivity contribution in [2.24, 2.45) is 0 Å². The average molecular weight is 403 g/mol. The number of rotatable bonds is 6. The van der Waals surface area contributed by atoms with Crippen LogP contribution in [0.1, 0.15) is 18.4 Å². The molecule has 9 heteroatoms. The molecule has 3 rings (SSSR count). The molecule has 0 bridgehead atoms. The van der Waals surface area contributed by atoms with Gasteiger partial charge in [-0.05, 0) is 31.0 Å². The fourth-order valence-corrected chi connectivity index (χ4v) is 4.64. The number of hydrogen-bond acceptors (Lipinski definition) is 7. The Morgan fingerprint density at radius 2 is 1.89 bits per heavy atom. The largest absolute Gasteiger partial charge is 0.497 e. The van der Waals surface area contributed by atoms with Crippen LogP contribution in [0.25, 0.3) is 0 Å². The molecule has 0 aliphatic carbocycles. The summed E-state index contributed by atoms with van der Waals surface area (Å²) in [6.07, 6.45) is 2.38. The molecule has 0 radical (unpaired) electrons. The second-order valence-electron chi connectivity index (χ2n) is 6.24. The summed E-state index contributed by atoms with van der Waals surface area (Å²) >= 11 is 0. The van der Waals surface area contributed by atoms with Crippen LogP contribution in [0.5, 0.6) is 17.4 Å². The predicted molar refractivity (Wildman–Crippen MR) is 101 cm³/mol. The zero-order valence-corrected chi connectivity index (χ0v) is 16.5. The molecule has 2 aromatic rings. The lowest BCUT2D eigenvalue weighted by atomic mass is 10.1. The first-order valence-electron chi connectivity index (χ1n) is 8.73. The van der Waals surface area contributed by atoms with Gasteiger partial charge >= 0.3 is 0 Å². The van der Waals surface area contributed by atoms with E-state index in [9.17, 15) is 8.42 Å². The van der Waals surface area contributed by atoms with Crippen molar-refractivity contribution < 1.29 is 22.6 Å². The highest BCUT2D eigenvalue weighted by atomic mass is 32.2. The van der Waals surface area contributed by atoms with Gasteiger partial charge in [-0.25, -0.2) is 13.4 Å². The summed E-state index contributed by atoms with van der Waals surface area (Å²) in [7, 11) is -0.801. The number of piperidine rings is 1. The number of pyridine rings is 1. The molecule has 1 aliphatic rings. The first kappa shape index (κ1) is 19.9. The Kier molecular flexibility index (Phi) is 6.02. The number of nitriles is 1.